The Hall–Kier alpha value is -2.26. The summed E-state index contributed by atoms with van der Waals surface area (Å²) in [5, 5.41) is 10.6. The van der Waals surface area contributed by atoms with Crippen molar-refractivity contribution in [2.24, 2.45) is 0 Å². The van der Waals surface area contributed by atoms with Gasteiger partial charge in [0, 0.05) is 25.2 Å². The maximum Gasteiger partial charge on any atom is 0.271 e. The number of non-ortho nitro benzene ring substituents is 1. The largest absolute Gasteiger partial charge is 0.470 e. The van der Waals surface area contributed by atoms with Crippen molar-refractivity contribution in [3.63, 3.8) is 0 Å². The molecule has 0 bridgehead atoms. The van der Waals surface area contributed by atoms with Gasteiger partial charge in [0.05, 0.1) is 29.9 Å². The molecule has 1 saturated heterocycles. The molecule has 1 aromatic carbocycles. The zero-order valence-electron chi connectivity index (χ0n) is 11.7. The summed E-state index contributed by atoms with van der Waals surface area (Å²) in [7, 11) is 0. The van der Waals surface area contributed by atoms with Crippen LogP contribution < -0.4 is 9.64 Å². The molecule has 0 N–H and O–H groups in total. The van der Waals surface area contributed by atoms with Crippen LogP contribution in [0.25, 0.3) is 0 Å². The number of ether oxygens (including phenoxy) is 2. The maximum atomic E-state index is 10.6. The van der Waals surface area contributed by atoms with Gasteiger partial charge in [-0.15, -0.1) is 4.37 Å². The van der Waals surface area contributed by atoms with E-state index in [0.717, 1.165) is 36.2 Å². The predicted molar refractivity (Wildman–Crippen MR) is 80.4 cm³/mol. The molecular formula is C13H14N4O4S. The quantitative estimate of drug-likeness (QED) is 0.613. The predicted octanol–water partition coefficient (Wildman–Crippen LogP) is 1.86. The average Bonchev–Trinajstić information content (AvgIpc) is 3.02. The number of anilines is 1. The Labute approximate surface area is 130 Å². The van der Waals surface area contributed by atoms with Gasteiger partial charge in [-0.3, -0.25) is 10.1 Å². The first-order valence-electron chi connectivity index (χ1n) is 6.75. The minimum atomic E-state index is -0.425. The number of nitrogens with zero attached hydrogens (tertiary/aromatic N) is 4. The van der Waals surface area contributed by atoms with Crippen LogP contribution in [0.5, 0.6) is 5.88 Å². The zero-order chi connectivity index (χ0) is 15.4. The minimum Gasteiger partial charge on any atom is -0.470 e. The standard InChI is InChI=1S/C13H14N4O4S/c18-17(19)11-3-1-10(2-4-11)9-21-13-12(14-22-15-13)16-5-7-20-8-6-16/h1-4H,5-9H2. The first kappa shape index (κ1) is 14.7. The van der Waals surface area contributed by atoms with Crippen molar-refractivity contribution in [2.75, 3.05) is 31.2 Å². The van der Waals surface area contributed by atoms with E-state index in [9.17, 15) is 10.1 Å². The van der Waals surface area contributed by atoms with Gasteiger partial charge in [-0.25, -0.2) is 0 Å². The van der Waals surface area contributed by atoms with E-state index >= 15 is 0 Å². The fourth-order valence-electron chi connectivity index (χ4n) is 2.10. The number of benzene rings is 1. The third-order valence-electron chi connectivity index (χ3n) is 3.28. The normalized spacial score (nSPS) is 14.8. The molecule has 8 nitrogen and oxygen atoms in total. The lowest BCUT2D eigenvalue weighted by molar-refractivity contribution is -0.384. The molecule has 2 heterocycles. The van der Waals surface area contributed by atoms with E-state index in [1.165, 1.54) is 12.1 Å². The van der Waals surface area contributed by atoms with Crippen LogP contribution in [0, 0.1) is 10.1 Å². The lowest BCUT2D eigenvalue weighted by atomic mass is 10.2. The molecule has 22 heavy (non-hydrogen) atoms. The van der Waals surface area contributed by atoms with E-state index in [-0.39, 0.29) is 5.69 Å². The number of nitro benzene ring substituents is 1. The molecule has 0 unspecified atom stereocenters. The molecule has 0 saturated carbocycles. The first-order valence-corrected chi connectivity index (χ1v) is 7.48. The highest BCUT2D eigenvalue weighted by atomic mass is 32.1. The average molecular weight is 322 g/mol. The van der Waals surface area contributed by atoms with Gasteiger partial charge in [0.25, 0.3) is 11.6 Å². The molecule has 2 aromatic rings. The van der Waals surface area contributed by atoms with Gasteiger partial charge in [0.15, 0.2) is 0 Å². The molecule has 1 aliphatic rings. The number of hydrogen-bond acceptors (Lipinski definition) is 8. The van der Waals surface area contributed by atoms with Crippen molar-refractivity contribution >= 4 is 23.2 Å². The van der Waals surface area contributed by atoms with Crippen molar-refractivity contribution in [1.82, 2.24) is 8.75 Å². The van der Waals surface area contributed by atoms with E-state index in [4.69, 9.17) is 9.47 Å². The van der Waals surface area contributed by atoms with Crippen LogP contribution >= 0.6 is 11.7 Å². The lowest BCUT2D eigenvalue weighted by Gasteiger charge is -2.26. The molecule has 0 amide bonds. The van der Waals surface area contributed by atoms with Gasteiger partial charge < -0.3 is 14.4 Å². The van der Waals surface area contributed by atoms with Crippen LogP contribution in [-0.2, 0) is 11.3 Å². The molecule has 0 spiro atoms. The molecule has 1 fully saturated rings. The molecule has 0 radical (unpaired) electrons. The fourth-order valence-corrected chi connectivity index (χ4v) is 2.62. The second-order valence-corrected chi connectivity index (χ2v) is 5.23. The summed E-state index contributed by atoms with van der Waals surface area (Å²) in [6.45, 7) is 3.15. The van der Waals surface area contributed by atoms with Crippen molar-refractivity contribution in [3.8, 4) is 5.88 Å². The van der Waals surface area contributed by atoms with E-state index in [1.54, 1.807) is 12.1 Å². The van der Waals surface area contributed by atoms with Gasteiger partial charge in [-0.2, -0.15) is 4.37 Å². The summed E-state index contributed by atoms with van der Waals surface area (Å²) in [6.07, 6.45) is 0. The number of morpholine rings is 1. The van der Waals surface area contributed by atoms with E-state index < -0.39 is 4.92 Å². The molecular weight excluding hydrogens is 308 g/mol. The fraction of sp³-hybridized carbons (Fsp3) is 0.385. The summed E-state index contributed by atoms with van der Waals surface area (Å²) in [6, 6.07) is 6.26. The zero-order valence-corrected chi connectivity index (χ0v) is 12.5. The van der Waals surface area contributed by atoms with Crippen LogP contribution in [0.1, 0.15) is 5.56 Å². The monoisotopic (exact) mass is 322 g/mol. The van der Waals surface area contributed by atoms with Gasteiger partial charge >= 0.3 is 0 Å². The van der Waals surface area contributed by atoms with Crippen molar-refractivity contribution in [2.45, 2.75) is 6.61 Å². The molecule has 0 aliphatic carbocycles. The Kier molecular flexibility index (Phi) is 4.45. The second-order valence-electron chi connectivity index (χ2n) is 4.70. The van der Waals surface area contributed by atoms with E-state index in [1.807, 2.05) is 0 Å². The number of aromatic nitrogens is 2. The molecule has 116 valence electrons. The Bertz CT molecular complexity index is 640. The Morgan fingerprint density at radius 2 is 2.00 bits per heavy atom. The lowest BCUT2D eigenvalue weighted by Crippen LogP contribution is -2.36. The Morgan fingerprint density at radius 3 is 2.68 bits per heavy atom. The number of nitro groups is 1. The van der Waals surface area contributed by atoms with Crippen LogP contribution in [0.15, 0.2) is 24.3 Å². The number of hydrogen-bond donors (Lipinski definition) is 0. The van der Waals surface area contributed by atoms with Crippen LogP contribution in [0.4, 0.5) is 11.5 Å². The van der Waals surface area contributed by atoms with Crippen LogP contribution in [-0.4, -0.2) is 40.0 Å². The number of rotatable bonds is 5. The van der Waals surface area contributed by atoms with Crippen LogP contribution in [0.3, 0.4) is 0 Å². The molecule has 9 heteroatoms. The van der Waals surface area contributed by atoms with Gasteiger partial charge in [-0.1, -0.05) is 0 Å². The van der Waals surface area contributed by atoms with Crippen molar-refractivity contribution in [3.05, 3.63) is 39.9 Å². The SMILES string of the molecule is O=[N+]([O-])c1ccc(COc2nsnc2N2CCOCC2)cc1. The third kappa shape index (κ3) is 3.31. The highest BCUT2D eigenvalue weighted by molar-refractivity contribution is 6.99. The summed E-state index contributed by atoms with van der Waals surface area (Å²) in [5.74, 6) is 1.22. The summed E-state index contributed by atoms with van der Waals surface area (Å²) >= 11 is 1.10. The molecule has 1 aromatic heterocycles. The second kappa shape index (κ2) is 6.67. The summed E-state index contributed by atoms with van der Waals surface area (Å²) < 4.78 is 19.5. The highest BCUT2D eigenvalue weighted by Gasteiger charge is 2.19. The highest BCUT2D eigenvalue weighted by Crippen LogP contribution is 2.27. The van der Waals surface area contributed by atoms with Gasteiger partial charge in [0.2, 0.25) is 5.82 Å². The van der Waals surface area contributed by atoms with Gasteiger partial charge in [0.1, 0.15) is 6.61 Å². The topological polar surface area (TPSA) is 90.6 Å². The van der Waals surface area contributed by atoms with Crippen molar-refractivity contribution in [1.29, 1.82) is 0 Å². The van der Waals surface area contributed by atoms with E-state index in [2.05, 4.69) is 13.6 Å². The van der Waals surface area contributed by atoms with Gasteiger partial charge in [-0.05, 0) is 17.7 Å². The maximum absolute atomic E-state index is 10.6. The first-order chi connectivity index (χ1) is 10.7. The third-order valence-corrected chi connectivity index (χ3v) is 3.78. The van der Waals surface area contributed by atoms with E-state index in [0.29, 0.717) is 25.7 Å². The smallest absolute Gasteiger partial charge is 0.271 e. The van der Waals surface area contributed by atoms with Crippen LogP contribution in [0.2, 0.25) is 0 Å². The Balaban J connectivity index is 1.64. The molecule has 3 rings (SSSR count). The van der Waals surface area contributed by atoms with Crippen molar-refractivity contribution < 1.29 is 14.4 Å². The summed E-state index contributed by atoms with van der Waals surface area (Å²) in [4.78, 5) is 12.3. The minimum absolute atomic E-state index is 0.0630. The molecule has 1 aliphatic heterocycles. The molecule has 0 atom stereocenters. The summed E-state index contributed by atoms with van der Waals surface area (Å²) in [5.41, 5.74) is 0.902. The Morgan fingerprint density at radius 1 is 1.27 bits per heavy atom.